The minimum atomic E-state index is -0.364. The molecule has 1 unspecified atom stereocenters. The highest BCUT2D eigenvalue weighted by Crippen LogP contribution is 2.31. The van der Waals surface area contributed by atoms with Crippen molar-refractivity contribution >= 4 is 23.2 Å². The number of hydrogen-bond donors (Lipinski definition) is 1. The summed E-state index contributed by atoms with van der Waals surface area (Å²) >= 11 is 0. The molecule has 9 nitrogen and oxygen atoms in total. The second-order valence-electron chi connectivity index (χ2n) is 8.15. The Kier molecular flexibility index (Phi) is 7.45. The van der Waals surface area contributed by atoms with Crippen molar-refractivity contribution in [2.24, 2.45) is 11.0 Å². The molecular formula is C26H28N4O5. The summed E-state index contributed by atoms with van der Waals surface area (Å²) in [5.41, 5.74) is 3.46. The third-order valence-electron chi connectivity index (χ3n) is 5.98. The molecule has 2 heterocycles. The first kappa shape index (κ1) is 24.0. The van der Waals surface area contributed by atoms with E-state index in [0.717, 1.165) is 23.3 Å². The summed E-state index contributed by atoms with van der Waals surface area (Å²) in [7, 11) is 3.20. The van der Waals surface area contributed by atoms with Gasteiger partial charge in [-0.05, 0) is 48.7 Å². The normalized spacial score (nSPS) is 15.5. The van der Waals surface area contributed by atoms with Crippen molar-refractivity contribution in [3.8, 4) is 11.5 Å². The fraction of sp³-hybridized carbons (Fsp3) is 0.308. The molecule has 4 rings (SSSR count). The van der Waals surface area contributed by atoms with Gasteiger partial charge < -0.3 is 19.2 Å². The fourth-order valence-corrected chi connectivity index (χ4v) is 3.99. The summed E-state index contributed by atoms with van der Waals surface area (Å²) in [5.74, 6) is 1.11. The van der Waals surface area contributed by atoms with Gasteiger partial charge in [-0.3, -0.25) is 9.59 Å². The summed E-state index contributed by atoms with van der Waals surface area (Å²) in [4.78, 5) is 28.6. The third kappa shape index (κ3) is 5.51. The number of methoxy groups -OCH3 is 2. The van der Waals surface area contributed by atoms with Crippen molar-refractivity contribution < 1.29 is 23.5 Å². The average molecular weight is 477 g/mol. The molecule has 0 radical (unpaired) electrons. The average Bonchev–Trinajstić information content (AvgIpc) is 3.43. The first-order valence-corrected chi connectivity index (χ1v) is 11.4. The van der Waals surface area contributed by atoms with Crippen LogP contribution in [0.25, 0.3) is 0 Å². The van der Waals surface area contributed by atoms with Gasteiger partial charge >= 0.3 is 0 Å². The van der Waals surface area contributed by atoms with Crippen LogP contribution in [0.15, 0.2) is 64.6 Å². The molecule has 9 heteroatoms. The van der Waals surface area contributed by atoms with Gasteiger partial charge in [0.25, 0.3) is 5.91 Å². The van der Waals surface area contributed by atoms with Crippen LogP contribution in [0.4, 0.5) is 5.69 Å². The van der Waals surface area contributed by atoms with Crippen LogP contribution in [0.3, 0.4) is 0 Å². The molecule has 1 aromatic heterocycles. The van der Waals surface area contributed by atoms with E-state index in [-0.39, 0.29) is 23.5 Å². The van der Waals surface area contributed by atoms with E-state index in [0.29, 0.717) is 36.6 Å². The van der Waals surface area contributed by atoms with Gasteiger partial charge in [-0.15, -0.1) is 0 Å². The molecule has 0 spiro atoms. The third-order valence-corrected chi connectivity index (χ3v) is 5.98. The number of ether oxygens (including phenoxy) is 2. The summed E-state index contributed by atoms with van der Waals surface area (Å²) < 4.78 is 15.8. The van der Waals surface area contributed by atoms with E-state index >= 15 is 0 Å². The summed E-state index contributed by atoms with van der Waals surface area (Å²) in [6.07, 6.45) is 4.42. The lowest BCUT2D eigenvalue weighted by molar-refractivity contribution is -0.132. The molecule has 0 saturated carbocycles. The van der Waals surface area contributed by atoms with E-state index in [2.05, 4.69) is 17.2 Å². The Labute approximate surface area is 203 Å². The molecule has 3 aromatic rings. The second-order valence-corrected chi connectivity index (χ2v) is 8.15. The number of rotatable bonds is 9. The summed E-state index contributed by atoms with van der Waals surface area (Å²) in [5, 5.41) is 9.06. The zero-order valence-electron chi connectivity index (χ0n) is 20.0. The van der Waals surface area contributed by atoms with E-state index in [1.165, 1.54) is 12.6 Å². The predicted molar refractivity (Wildman–Crippen MR) is 131 cm³/mol. The Balaban J connectivity index is 1.45. The molecule has 1 aliphatic rings. The van der Waals surface area contributed by atoms with E-state index < -0.39 is 0 Å². The summed E-state index contributed by atoms with van der Waals surface area (Å²) in [6, 6.07) is 13.2. The van der Waals surface area contributed by atoms with Gasteiger partial charge in [0.05, 0.1) is 26.1 Å². The maximum Gasteiger partial charge on any atom is 0.293 e. The molecule has 182 valence electrons. The van der Waals surface area contributed by atoms with Crippen LogP contribution in [0, 0.1) is 5.92 Å². The van der Waals surface area contributed by atoms with E-state index in [4.69, 9.17) is 19.0 Å². The number of carbonyl (C=O) groups is 2. The van der Waals surface area contributed by atoms with Gasteiger partial charge in [-0.1, -0.05) is 19.1 Å². The quantitative estimate of drug-likeness (QED) is 0.497. The predicted octanol–water partition coefficient (Wildman–Crippen LogP) is 4.15. The van der Waals surface area contributed by atoms with Gasteiger partial charge in [-0.25, -0.2) is 9.99 Å². The van der Waals surface area contributed by atoms with Crippen molar-refractivity contribution in [3.63, 3.8) is 0 Å². The maximum atomic E-state index is 12.8. The van der Waals surface area contributed by atoms with Crippen molar-refractivity contribution in [3.05, 3.63) is 71.9 Å². The molecule has 35 heavy (non-hydrogen) atoms. The number of amides is 2. The fourth-order valence-electron chi connectivity index (χ4n) is 3.99. The number of hydrazone groups is 1. The number of nitrogens with one attached hydrogen (secondary N) is 1. The monoisotopic (exact) mass is 476 g/mol. The minimum Gasteiger partial charge on any atom is -0.493 e. The van der Waals surface area contributed by atoms with Crippen LogP contribution in [-0.2, 0) is 11.2 Å². The standard InChI is InChI=1S/C26H28N4O5/c1-4-18-14-24(31)30(29-25(18)19-7-10-21(33-2)22(13-19)34-3)12-11-17-5-8-20(9-6-17)28-26(32)23-15-27-16-35-23/h5-10,13,15-16,18H,4,11-12,14H2,1-3H3,(H,28,32). The van der Waals surface area contributed by atoms with Crippen LogP contribution >= 0.6 is 0 Å². The number of oxazole rings is 1. The van der Waals surface area contributed by atoms with Crippen LogP contribution in [-0.4, -0.2) is 48.3 Å². The Morgan fingerprint density at radius 2 is 1.91 bits per heavy atom. The Hall–Kier alpha value is -4.14. The molecule has 0 saturated heterocycles. The molecule has 1 aliphatic heterocycles. The van der Waals surface area contributed by atoms with Crippen molar-refractivity contribution in [2.75, 3.05) is 26.1 Å². The number of aromatic nitrogens is 1. The first-order chi connectivity index (χ1) is 17.0. The largest absolute Gasteiger partial charge is 0.493 e. The van der Waals surface area contributed by atoms with Crippen LogP contribution in [0.2, 0.25) is 0 Å². The topological polar surface area (TPSA) is 106 Å². The molecule has 0 fully saturated rings. The lowest BCUT2D eigenvalue weighted by atomic mass is 9.89. The lowest BCUT2D eigenvalue weighted by Gasteiger charge is -2.29. The zero-order chi connectivity index (χ0) is 24.8. The minimum absolute atomic E-state index is 0.0111. The first-order valence-electron chi connectivity index (χ1n) is 11.4. The van der Waals surface area contributed by atoms with Crippen molar-refractivity contribution in [1.29, 1.82) is 0 Å². The lowest BCUT2D eigenvalue weighted by Crippen LogP contribution is -2.38. The van der Waals surface area contributed by atoms with Crippen molar-refractivity contribution in [1.82, 2.24) is 9.99 Å². The number of carbonyl (C=O) groups excluding carboxylic acids is 2. The number of hydrogen-bond acceptors (Lipinski definition) is 7. The summed E-state index contributed by atoms with van der Waals surface area (Å²) in [6.45, 7) is 2.52. The Morgan fingerprint density at radius 3 is 2.57 bits per heavy atom. The highest BCUT2D eigenvalue weighted by Gasteiger charge is 2.29. The highest BCUT2D eigenvalue weighted by atomic mass is 16.5. The van der Waals surface area contributed by atoms with E-state index in [9.17, 15) is 9.59 Å². The molecular weight excluding hydrogens is 448 g/mol. The van der Waals surface area contributed by atoms with Crippen LogP contribution < -0.4 is 14.8 Å². The SMILES string of the molecule is CCC1CC(=O)N(CCc2ccc(NC(=O)c3cnco3)cc2)N=C1c1ccc(OC)c(OC)c1. The molecule has 1 N–H and O–H groups in total. The molecule has 0 aliphatic carbocycles. The Bertz CT molecular complexity index is 1200. The van der Waals surface area contributed by atoms with Gasteiger partial charge in [0.1, 0.15) is 0 Å². The van der Waals surface area contributed by atoms with Gasteiger partial charge in [-0.2, -0.15) is 5.10 Å². The van der Waals surface area contributed by atoms with E-state index in [1.807, 2.05) is 42.5 Å². The second kappa shape index (κ2) is 10.9. The number of benzene rings is 2. The van der Waals surface area contributed by atoms with Crippen LogP contribution in [0.1, 0.15) is 41.4 Å². The molecule has 1 atom stereocenters. The van der Waals surface area contributed by atoms with Gasteiger partial charge in [0.15, 0.2) is 17.9 Å². The van der Waals surface area contributed by atoms with Gasteiger partial charge in [0.2, 0.25) is 11.7 Å². The highest BCUT2D eigenvalue weighted by molar-refractivity contribution is 6.06. The smallest absolute Gasteiger partial charge is 0.293 e. The molecule has 2 aromatic carbocycles. The molecule has 2 amide bonds. The van der Waals surface area contributed by atoms with Crippen LogP contribution in [0.5, 0.6) is 11.5 Å². The zero-order valence-corrected chi connectivity index (χ0v) is 20.0. The Morgan fingerprint density at radius 1 is 1.14 bits per heavy atom. The molecule has 0 bridgehead atoms. The van der Waals surface area contributed by atoms with Gasteiger partial charge in [0, 0.05) is 30.1 Å². The van der Waals surface area contributed by atoms with E-state index in [1.54, 1.807) is 19.2 Å². The maximum absolute atomic E-state index is 12.8. The number of anilines is 1. The van der Waals surface area contributed by atoms with Crippen molar-refractivity contribution in [2.45, 2.75) is 26.2 Å². The number of nitrogens with zero attached hydrogens (tertiary/aromatic N) is 3.